The highest BCUT2D eigenvalue weighted by Crippen LogP contribution is 2.17. The molecule has 1 atom stereocenters. The van der Waals surface area contributed by atoms with Crippen LogP contribution in [0.2, 0.25) is 0 Å². The van der Waals surface area contributed by atoms with Gasteiger partial charge in [0.05, 0.1) is 18.1 Å². The molecular weight excluding hydrogens is 228 g/mol. The number of furan rings is 1. The van der Waals surface area contributed by atoms with Gasteiger partial charge < -0.3 is 4.42 Å². The normalized spacial score (nSPS) is 14.2. The summed E-state index contributed by atoms with van der Waals surface area (Å²) in [6.07, 6.45) is 1.58. The number of nitrogens with zero attached hydrogens (tertiary/aromatic N) is 1. The molecule has 1 aromatic heterocycles. The van der Waals surface area contributed by atoms with E-state index in [0.29, 0.717) is 6.54 Å². The van der Waals surface area contributed by atoms with E-state index in [9.17, 15) is 8.42 Å². The van der Waals surface area contributed by atoms with Gasteiger partial charge >= 0.3 is 0 Å². The van der Waals surface area contributed by atoms with Crippen LogP contribution in [0, 0.1) is 0 Å². The van der Waals surface area contributed by atoms with Gasteiger partial charge in [-0.2, -0.15) is 0 Å². The van der Waals surface area contributed by atoms with Gasteiger partial charge in [0.25, 0.3) is 0 Å². The lowest BCUT2D eigenvalue weighted by Crippen LogP contribution is -2.35. The van der Waals surface area contributed by atoms with Crippen molar-refractivity contribution in [2.24, 2.45) is 0 Å². The summed E-state index contributed by atoms with van der Waals surface area (Å²) < 4.78 is 30.5. The second kappa shape index (κ2) is 5.47. The summed E-state index contributed by atoms with van der Waals surface area (Å²) in [6, 6.07) is 3.54. The number of hydrogen-bond donors (Lipinski definition) is 1. The molecule has 1 aromatic rings. The molecule has 1 heterocycles. The number of rotatable bonds is 6. The van der Waals surface area contributed by atoms with Gasteiger partial charge in [-0.3, -0.25) is 4.90 Å². The Kier molecular flexibility index (Phi) is 4.52. The van der Waals surface area contributed by atoms with E-state index >= 15 is 0 Å². The Hall–Kier alpha value is -0.850. The molecule has 0 radical (unpaired) electrons. The summed E-state index contributed by atoms with van der Waals surface area (Å²) in [5.74, 6) is 0.842. The first-order valence-electron chi connectivity index (χ1n) is 5.13. The van der Waals surface area contributed by atoms with Gasteiger partial charge in [-0.1, -0.05) is 0 Å². The van der Waals surface area contributed by atoms with Crippen molar-refractivity contribution in [3.05, 3.63) is 24.2 Å². The average Bonchev–Trinajstić information content (AvgIpc) is 2.71. The van der Waals surface area contributed by atoms with Crippen LogP contribution in [0.15, 0.2) is 22.8 Å². The van der Waals surface area contributed by atoms with Gasteiger partial charge in [0.1, 0.15) is 5.76 Å². The predicted octanol–water partition coefficient (Wildman–Crippen LogP) is 0.822. The summed E-state index contributed by atoms with van der Waals surface area (Å²) in [5, 5.41) is 0. The molecule has 5 nitrogen and oxygen atoms in total. The molecular formula is C10H18N2O3S. The van der Waals surface area contributed by atoms with E-state index in [4.69, 9.17) is 4.42 Å². The third kappa shape index (κ3) is 3.62. The quantitative estimate of drug-likeness (QED) is 0.807. The third-order valence-electron chi connectivity index (χ3n) is 2.37. The Labute approximate surface area is 96.5 Å². The highest BCUT2D eigenvalue weighted by atomic mass is 32.2. The smallest absolute Gasteiger partial charge is 0.211 e. The fourth-order valence-electron chi connectivity index (χ4n) is 1.33. The summed E-state index contributed by atoms with van der Waals surface area (Å²) >= 11 is 0. The van der Waals surface area contributed by atoms with Crippen molar-refractivity contribution in [1.29, 1.82) is 0 Å². The molecule has 0 bridgehead atoms. The van der Waals surface area contributed by atoms with Crippen molar-refractivity contribution in [3.63, 3.8) is 0 Å². The Morgan fingerprint density at radius 1 is 1.50 bits per heavy atom. The highest BCUT2D eigenvalue weighted by molar-refractivity contribution is 7.89. The molecule has 0 aliphatic heterocycles. The fourth-order valence-corrected chi connectivity index (χ4v) is 1.94. The zero-order valence-corrected chi connectivity index (χ0v) is 10.6. The van der Waals surface area contributed by atoms with E-state index in [-0.39, 0.29) is 11.8 Å². The molecule has 0 unspecified atom stereocenters. The van der Waals surface area contributed by atoms with Crippen LogP contribution < -0.4 is 4.72 Å². The molecule has 0 aliphatic carbocycles. The van der Waals surface area contributed by atoms with Crippen molar-refractivity contribution in [3.8, 4) is 0 Å². The topological polar surface area (TPSA) is 62.6 Å². The molecule has 1 N–H and O–H groups in total. The maximum Gasteiger partial charge on any atom is 0.211 e. The summed E-state index contributed by atoms with van der Waals surface area (Å²) in [5.41, 5.74) is 0. The molecule has 0 spiro atoms. The van der Waals surface area contributed by atoms with Gasteiger partial charge in [-0.15, -0.1) is 0 Å². The Balaban J connectivity index is 2.68. The lowest BCUT2D eigenvalue weighted by Gasteiger charge is -2.22. The SMILES string of the molecule is CCS(=O)(=O)NC[C@@H](c1ccco1)N(C)C. The van der Waals surface area contributed by atoms with Crippen LogP contribution in [0.5, 0.6) is 0 Å². The van der Waals surface area contributed by atoms with E-state index in [1.54, 1.807) is 19.3 Å². The van der Waals surface area contributed by atoms with Crippen molar-refractivity contribution in [2.45, 2.75) is 13.0 Å². The van der Waals surface area contributed by atoms with Gasteiger partial charge in [0.2, 0.25) is 10.0 Å². The van der Waals surface area contributed by atoms with Gasteiger partial charge in [0.15, 0.2) is 0 Å². The molecule has 0 aromatic carbocycles. The van der Waals surface area contributed by atoms with Crippen LogP contribution in [0.1, 0.15) is 18.7 Å². The monoisotopic (exact) mass is 246 g/mol. The molecule has 0 fully saturated rings. The highest BCUT2D eigenvalue weighted by Gasteiger charge is 2.19. The molecule has 0 aliphatic rings. The van der Waals surface area contributed by atoms with Crippen molar-refractivity contribution < 1.29 is 12.8 Å². The molecule has 0 saturated heterocycles. The third-order valence-corrected chi connectivity index (χ3v) is 3.74. The molecule has 6 heteroatoms. The van der Waals surface area contributed by atoms with Crippen molar-refractivity contribution in [1.82, 2.24) is 9.62 Å². The van der Waals surface area contributed by atoms with Gasteiger partial charge in [-0.25, -0.2) is 13.1 Å². The standard InChI is InChI=1S/C10H18N2O3S/c1-4-16(13,14)11-8-9(12(2)3)10-6-5-7-15-10/h5-7,9,11H,4,8H2,1-3H3/t9-/m0/s1. The zero-order valence-electron chi connectivity index (χ0n) is 9.80. The lowest BCUT2D eigenvalue weighted by atomic mass is 10.2. The second-order valence-electron chi connectivity index (χ2n) is 3.75. The van der Waals surface area contributed by atoms with E-state index in [0.717, 1.165) is 5.76 Å². The summed E-state index contributed by atoms with van der Waals surface area (Å²) in [7, 11) is 0.607. The van der Waals surface area contributed by atoms with E-state index in [1.165, 1.54) is 0 Å². The van der Waals surface area contributed by atoms with Crippen LogP contribution in [0.3, 0.4) is 0 Å². The zero-order chi connectivity index (χ0) is 12.2. The molecule has 92 valence electrons. The Morgan fingerprint density at radius 2 is 2.19 bits per heavy atom. The Morgan fingerprint density at radius 3 is 2.62 bits per heavy atom. The van der Waals surface area contributed by atoms with Crippen LogP contribution in [-0.2, 0) is 10.0 Å². The minimum Gasteiger partial charge on any atom is -0.468 e. The van der Waals surface area contributed by atoms with Crippen molar-refractivity contribution in [2.75, 3.05) is 26.4 Å². The fraction of sp³-hybridized carbons (Fsp3) is 0.600. The molecule has 0 saturated carbocycles. The lowest BCUT2D eigenvalue weighted by molar-refractivity contribution is 0.259. The predicted molar refractivity (Wildman–Crippen MR) is 62.6 cm³/mol. The van der Waals surface area contributed by atoms with E-state index < -0.39 is 10.0 Å². The second-order valence-corrected chi connectivity index (χ2v) is 5.84. The first-order valence-corrected chi connectivity index (χ1v) is 6.78. The maximum atomic E-state index is 11.3. The largest absolute Gasteiger partial charge is 0.468 e. The van der Waals surface area contributed by atoms with E-state index in [1.807, 2.05) is 25.1 Å². The van der Waals surface area contributed by atoms with Crippen LogP contribution in [-0.4, -0.2) is 39.7 Å². The average molecular weight is 246 g/mol. The number of hydrogen-bond acceptors (Lipinski definition) is 4. The van der Waals surface area contributed by atoms with Crippen LogP contribution in [0.4, 0.5) is 0 Å². The maximum absolute atomic E-state index is 11.3. The van der Waals surface area contributed by atoms with E-state index in [2.05, 4.69) is 4.72 Å². The van der Waals surface area contributed by atoms with Crippen molar-refractivity contribution >= 4 is 10.0 Å². The minimum atomic E-state index is -3.16. The first kappa shape index (κ1) is 13.2. The molecule has 0 amide bonds. The molecule has 1 rings (SSSR count). The number of likely N-dealkylation sites (N-methyl/N-ethyl adjacent to an activating group) is 1. The Bertz CT molecular complexity index is 398. The van der Waals surface area contributed by atoms with Crippen LogP contribution >= 0.6 is 0 Å². The minimum absolute atomic E-state index is 0.0867. The number of sulfonamides is 1. The summed E-state index contributed by atoms with van der Waals surface area (Å²) in [4.78, 5) is 1.91. The van der Waals surface area contributed by atoms with Gasteiger partial charge in [-0.05, 0) is 33.2 Å². The van der Waals surface area contributed by atoms with Gasteiger partial charge in [0, 0.05) is 6.54 Å². The van der Waals surface area contributed by atoms with Crippen LogP contribution in [0.25, 0.3) is 0 Å². The number of nitrogens with one attached hydrogen (secondary N) is 1. The first-order chi connectivity index (χ1) is 7.46. The molecule has 16 heavy (non-hydrogen) atoms. The summed E-state index contributed by atoms with van der Waals surface area (Å²) in [6.45, 7) is 1.93.